The molecule has 26 heavy (non-hydrogen) atoms. The molecule has 0 unspecified atom stereocenters. The zero-order valence-electron chi connectivity index (χ0n) is 14.0. The molecule has 3 rings (SSSR count). The Morgan fingerprint density at radius 1 is 1.04 bits per heavy atom. The Labute approximate surface area is 155 Å². The molecule has 2 N–H and O–H groups in total. The third kappa shape index (κ3) is 4.55. The monoisotopic (exact) mass is 372 g/mol. The summed E-state index contributed by atoms with van der Waals surface area (Å²) in [7, 11) is 0. The molecule has 1 aliphatic rings. The standard InChI is InChI=1S/C19H17ClN2O4/c1-12(23)21-14-5-2-13(3-6-14)4-7-19(24)22-16-11-18-17(10-15(16)20)25-8-9-26-18/h2-7,10-11H,8-9H2,1H3,(H,21,23)(H,22,24)/b7-4+. The maximum absolute atomic E-state index is 12.1. The predicted molar refractivity (Wildman–Crippen MR) is 101 cm³/mol. The number of hydrogen-bond donors (Lipinski definition) is 2. The van der Waals surface area contributed by atoms with Crippen molar-refractivity contribution < 1.29 is 19.1 Å². The van der Waals surface area contributed by atoms with E-state index in [0.717, 1.165) is 5.56 Å². The van der Waals surface area contributed by atoms with Crippen LogP contribution in [0.5, 0.6) is 11.5 Å². The van der Waals surface area contributed by atoms with Crippen LogP contribution in [0.2, 0.25) is 5.02 Å². The van der Waals surface area contributed by atoms with E-state index in [1.807, 2.05) is 0 Å². The number of carbonyl (C=O) groups excluding carboxylic acids is 2. The number of hydrogen-bond acceptors (Lipinski definition) is 4. The fraction of sp³-hybridized carbons (Fsp3) is 0.158. The smallest absolute Gasteiger partial charge is 0.248 e. The molecular formula is C19H17ClN2O4. The first-order chi connectivity index (χ1) is 12.5. The highest BCUT2D eigenvalue weighted by Gasteiger charge is 2.15. The molecule has 0 saturated carbocycles. The van der Waals surface area contributed by atoms with Crippen LogP contribution in [0.3, 0.4) is 0 Å². The Kier molecular flexibility index (Phi) is 5.43. The zero-order valence-corrected chi connectivity index (χ0v) is 14.8. The van der Waals surface area contributed by atoms with Gasteiger partial charge in [0.05, 0.1) is 10.7 Å². The van der Waals surface area contributed by atoms with Crippen LogP contribution in [0, 0.1) is 0 Å². The lowest BCUT2D eigenvalue weighted by atomic mass is 10.2. The SMILES string of the molecule is CC(=O)Nc1ccc(/C=C/C(=O)Nc2cc3c(cc2Cl)OCCO3)cc1. The van der Waals surface area contributed by atoms with Crippen molar-refractivity contribution in [3.63, 3.8) is 0 Å². The molecule has 1 aliphatic heterocycles. The Balaban J connectivity index is 1.65. The Morgan fingerprint density at radius 3 is 2.35 bits per heavy atom. The summed E-state index contributed by atoms with van der Waals surface area (Å²) in [6.07, 6.45) is 3.07. The highest BCUT2D eigenvalue weighted by Crippen LogP contribution is 2.37. The van der Waals surface area contributed by atoms with Crippen molar-refractivity contribution in [3.05, 3.63) is 53.1 Å². The van der Waals surface area contributed by atoms with Crippen LogP contribution in [-0.4, -0.2) is 25.0 Å². The van der Waals surface area contributed by atoms with E-state index in [4.69, 9.17) is 21.1 Å². The van der Waals surface area contributed by atoms with Crippen molar-refractivity contribution in [2.45, 2.75) is 6.92 Å². The Hall–Kier alpha value is -2.99. The highest BCUT2D eigenvalue weighted by atomic mass is 35.5. The second kappa shape index (κ2) is 7.93. The first-order valence-corrected chi connectivity index (χ1v) is 8.35. The van der Waals surface area contributed by atoms with Crippen LogP contribution in [0.4, 0.5) is 11.4 Å². The molecular weight excluding hydrogens is 356 g/mol. The van der Waals surface area contributed by atoms with Gasteiger partial charge >= 0.3 is 0 Å². The van der Waals surface area contributed by atoms with Crippen molar-refractivity contribution in [1.82, 2.24) is 0 Å². The summed E-state index contributed by atoms with van der Waals surface area (Å²) in [6, 6.07) is 10.4. The van der Waals surface area contributed by atoms with Crippen LogP contribution in [0.15, 0.2) is 42.5 Å². The van der Waals surface area contributed by atoms with Crippen molar-refractivity contribution in [1.29, 1.82) is 0 Å². The molecule has 7 heteroatoms. The maximum atomic E-state index is 12.1. The van der Waals surface area contributed by atoms with E-state index in [1.165, 1.54) is 13.0 Å². The average Bonchev–Trinajstić information content (AvgIpc) is 2.61. The van der Waals surface area contributed by atoms with Gasteiger partial charge in [-0.25, -0.2) is 0 Å². The molecule has 0 aliphatic carbocycles. The van der Waals surface area contributed by atoms with Gasteiger partial charge in [-0.05, 0) is 23.8 Å². The molecule has 0 atom stereocenters. The minimum absolute atomic E-state index is 0.135. The number of nitrogens with one attached hydrogen (secondary N) is 2. The Morgan fingerprint density at radius 2 is 1.69 bits per heavy atom. The molecule has 2 amide bonds. The molecule has 0 radical (unpaired) electrons. The van der Waals surface area contributed by atoms with Crippen LogP contribution in [0.25, 0.3) is 6.08 Å². The lowest BCUT2D eigenvalue weighted by Gasteiger charge is -2.19. The van der Waals surface area contributed by atoms with Crippen molar-refractivity contribution in [2.75, 3.05) is 23.8 Å². The summed E-state index contributed by atoms with van der Waals surface area (Å²) >= 11 is 6.17. The Bertz CT molecular complexity index is 863. The second-order valence-corrected chi connectivity index (χ2v) is 6.01. The topological polar surface area (TPSA) is 76.7 Å². The first-order valence-electron chi connectivity index (χ1n) is 7.97. The van der Waals surface area contributed by atoms with Gasteiger partial charge in [0.25, 0.3) is 0 Å². The number of rotatable bonds is 4. The van der Waals surface area contributed by atoms with E-state index < -0.39 is 0 Å². The summed E-state index contributed by atoms with van der Waals surface area (Å²) in [6.45, 7) is 2.37. The largest absolute Gasteiger partial charge is 0.486 e. The number of amides is 2. The summed E-state index contributed by atoms with van der Waals surface area (Å²) in [5.41, 5.74) is 1.97. The molecule has 0 bridgehead atoms. The fourth-order valence-corrected chi connectivity index (χ4v) is 2.59. The summed E-state index contributed by atoms with van der Waals surface area (Å²) in [5, 5.41) is 5.77. The summed E-state index contributed by atoms with van der Waals surface area (Å²) in [4.78, 5) is 23.1. The zero-order chi connectivity index (χ0) is 18.5. The minimum atomic E-state index is -0.325. The average molecular weight is 373 g/mol. The molecule has 0 spiro atoms. The molecule has 0 aromatic heterocycles. The van der Waals surface area contributed by atoms with Crippen molar-refractivity contribution in [2.24, 2.45) is 0 Å². The lowest BCUT2D eigenvalue weighted by molar-refractivity contribution is -0.114. The molecule has 0 saturated heterocycles. The van der Waals surface area contributed by atoms with E-state index in [0.29, 0.717) is 41.1 Å². The van der Waals surface area contributed by atoms with Crippen LogP contribution >= 0.6 is 11.6 Å². The van der Waals surface area contributed by atoms with Crippen LogP contribution in [0.1, 0.15) is 12.5 Å². The lowest BCUT2D eigenvalue weighted by Crippen LogP contribution is -2.16. The minimum Gasteiger partial charge on any atom is -0.486 e. The number of halogens is 1. The van der Waals surface area contributed by atoms with Crippen LogP contribution < -0.4 is 20.1 Å². The quantitative estimate of drug-likeness (QED) is 0.802. The van der Waals surface area contributed by atoms with E-state index in [1.54, 1.807) is 42.5 Å². The van der Waals surface area contributed by atoms with E-state index in [2.05, 4.69) is 10.6 Å². The molecule has 134 valence electrons. The van der Waals surface area contributed by atoms with Gasteiger partial charge in [0.2, 0.25) is 11.8 Å². The van der Waals surface area contributed by atoms with Gasteiger partial charge in [0, 0.05) is 30.8 Å². The molecule has 1 heterocycles. The maximum Gasteiger partial charge on any atom is 0.248 e. The summed E-state index contributed by atoms with van der Waals surface area (Å²) < 4.78 is 10.9. The van der Waals surface area contributed by atoms with E-state index in [-0.39, 0.29) is 11.8 Å². The molecule has 2 aromatic rings. The number of benzene rings is 2. The third-order valence-electron chi connectivity index (χ3n) is 3.55. The van der Waals surface area contributed by atoms with E-state index >= 15 is 0 Å². The number of ether oxygens (including phenoxy) is 2. The van der Waals surface area contributed by atoms with Crippen molar-refractivity contribution >= 4 is 40.9 Å². The van der Waals surface area contributed by atoms with Gasteiger partial charge in [0.15, 0.2) is 11.5 Å². The molecule has 2 aromatic carbocycles. The van der Waals surface area contributed by atoms with Gasteiger partial charge < -0.3 is 20.1 Å². The molecule has 0 fully saturated rings. The van der Waals surface area contributed by atoms with Gasteiger partial charge in [-0.2, -0.15) is 0 Å². The fourth-order valence-electron chi connectivity index (χ4n) is 2.39. The molecule has 6 nitrogen and oxygen atoms in total. The summed E-state index contributed by atoms with van der Waals surface area (Å²) in [5.74, 6) is 0.654. The van der Waals surface area contributed by atoms with Crippen molar-refractivity contribution in [3.8, 4) is 11.5 Å². The van der Waals surface area contributed by atoms with E-state index in [9.17, 15) is 9.59 Å². The van der Waals surface area contributed by atoms with Gasteiger partial charge in [-0.15, -0.1) is 0 Å². The van der Waals surface area contributed by atoms with Gasteiger partial charge in [-0.1, -0.05) is 23.7 Å². The third-order valence-corrected chi connectivity index (χ3v) is 3.86. The second-order valence-electron chi connectivity index (χ2n) is 5.60. The van der Waals surface area contributed by atoms with Gasteiger partial charge in [-0.3, -0.25) is 9.59 Å². The number of anilines is 2. The van der Waals surface area contributed by atoms with Crippen LogP contribution in [-0.2, 0) is 9.59 Å². The number of carbonyl (C=O) groups is 2. The predicted octanol–water partition coefficient (Wildman–Crippen LogP) is 3.72. The normalized spacial score (nSPS) is 12.7. The first kappa shape index (κ1) is 17.8. The number of fused-ring (bicyclic) bond motifs is 1. The van der Waals surface area contributed by atoms with Gasteiger partial charge in [0.1, 0.15) is 13.2 Å². The highest BCUT2D eigenvalue weighted by molar-refractivity contribution is 6.34.